The molecule has 0 saturated heterocycles. The van der Waals surface area contributed by atoms with Gasteiger partial charge in [0.05, 0.1) is 22.8 Å². The lowest BCUT2D eigenvalue weighted by atomic mass is 9.49. The van der Waals surface area contributed by atoms with Crippen LogP contribution in [0.15, 0.2) is 97.2 Å². The SMILES string of the molecule is Cc1cc(-c2ccc3c(c2)N(c2cccc(C(c4ccccn4)(C(C)(C)C)C(C)(C)C)c2)c2ccccc2C3(C)C)n[nH]1. The summed E-state index contributed by atoms with van der Waals surface area (Å²) in [5.41, 5.74) is 10.9. The monoisotopic (exact) mass is 568 g/mol. The topological polar surface area (TPSA) is 44.8 Å². The average molecular weight is 569 g/mol. The quantitative estimate of drug-likeness (QED) is 0.235. The highest BCUT2D eigenvalue weighted by atomic mass is 15.2. The summed E-state index contributed by atoms with van der Waals surface area (Å²) >= 11 is 0. The number of hydrogen-bond acceptors (Lipinski definition) is 3. The number of fused-ring (bicyclic) bond motifs is 2. The van der Waals surface area contributed by atoms with Crippen molar-refractivity contribution in [2.24, 2.45) is 10.8 Å². The average Bonchev–Trinajstić information content (AvgIpc) is 3.39. The molecule has 2 aromatic heterocycles. The summed E-state index contributed by atoms with van der Waals surface area (Å²) in [6, 6.07) is 33.3. The fourth-order valence-electron chi connectivity index (χ4n) is 8.09. The van der Waals surface area contributed by atoms with Gasteiger partial charge in [0, 0.05) is 34.0 Å². The zero-order valence-corrected chi connectivity index (χ0v) is 27.1. The number of aromatic nitrogens is 3. The Balaban J connectivity index is 1.64. The van der Waals surface area contributed by atoms with Crippen molar-refractivity contribution in [1.29, 1.82) is 0 Å². The summed E-state index contributed by atoms with van der Waals surface area (Å²) in [5, 5.41) is 7.72. The van der Waals surface area contributed by atoms with Crippen molar-refractivity contribution >= 4 is 17.1 Å². The fourth-order valence-corrected chi connectivity index (χ4v) is 8.09. The Morgan fingerprint density at radius 1 is 0.698 bits per heavy atom. The van der Waals surface area contributed by atoms with Gasteiger partial charge in [-0.1, -0.05) is 104 Å². The number of hydrogen-bond donors (Lipinski definition) is 1. The molecule has 0 amide bonds. The predicted octanol–water partition coefficient (Wildman–Crippen LogP) is 10.3. The molecule has 0 saturated carbocycles. The standard InChI is InChI=1S/C39H44N4/c1-26-23-32(42-41-26)27-20-21-31-34(24-27)43(33-18-11-10-17-30(33)38(31,8)9)29-16-14-15-28(25-29)39(36(2,3)4,37(5,6)7)35-19-12-13-22-40-35/h10-25H,1-9H3,(H,41,42). The normalized spacial score (nSPS) is 14.8. The van der Waals surface area contributed by atoms with E-state index in [1.807, 2.05) is 19.2 Å². The molecule has 1 aliphatic heterocycles. The van der Waals surface area contributed by atoms with Crippen molar-refractivity contribution in [3.05, 3.63) is 125 Å². The predicted molar refractivity (Wildman–Crippen MR) is 179 cm³/mol. The molecule has 4 nitrogen and oxygen atoms in total. The Morgan fingerprint density at radius 3 is 2.05 bits per heavy atom. The largest absolute Gasteiger partial charge is 0.310 e. The molecule has 43 heavy (non-hydrogen) atoms. The lowest BCUT2D eigenvalue weighted by molar-refractivity contribution is 0.0866. The number of rotatable bonds is 4. The second-order valence-electron chi connectivity index (χ2n) is 14.7. The number of H-pyrrole nitrogens is 1. The molecule has 0 aliphatic carbocycles. The first-order chi connectivity index (χ1) is 20.3. The number of para-hydroxylation sites is 1. The van der Waals surface area contributed by atoms with Crippen molar-refractivity contribution in [3.8, 4) is 11.3 Å². The maximum Gasteiger partial charge on any atom is 0.0924 e. The van der Waals surface area contributed by atoms with E-state index in [1.54, 1.807) is 0 Å². The van der Waals surface area contributed by atoms with E-state index in [2.05, 4.69) is 155 Å². The Morgan fingerprint density at radius 2 is 1.40 bits per heavy atom. The first kappa shape index (κ1) is 28.9. The highest BCUT2D eigenvalue weighted by Gasteiger charge is 2.54. The lowest BCUT2D eigenvalue weighted by Crippen LogP contribution is -2.51. The molecule has 4 heteroatoms. The fraction of sp³-hybridized carbons (Fsp3) is 0.333. The van der Waals surface area contributed by atoms with E-state index in [0.717, 1.165) is 28.3 Å². The van der Waals surface area contributed by atoms with Crippen LogP contribution in [-0.4, -0.2) is 15.2 Å². The van der Waals surface area contributed by atoms with Crippen molar-refractivity contribution in [2.45, 2.75) is 73.1 Å². The number of aromatic amines is 1. The van der Waals surface area contributed by atoms with Gasteiger partial charge >= 0.3 is 0 Å². The molecule has 220 valence electrons. The van der Waals surface area contributed by atoms with Crippen LogP contribution in [0.1, 0.15) is 83.5 Å². The van der Waals surface area contributed by atoms with Crippen molar-refractivity contribution in [2.75, 3.05) is 4.90 Å². The Labute approximate surface area is 257 Å². The number of pyridine rings is 1. The lowest BCUT2D eigenvalue weighted by Gasteiger charge is -2.54. The van der Waals surface area contributed by atoms with E-state index in [1.165, 1.54) is 28.1 Å². The second kappa shape index (κ2) is 9.94. The minimum absolute atomic E-state index is 0.122. The third-order valence-electron chi connectivity index (χ3n) is 9.57. The van der Waals surface area contributed by atoms with Gasteiger partial charge < -0.3 is 4.90 Å². The van der Waals surface area contributed by atoms with Crippen LogP contribution >= 0.6 is 0 Å². The summed E-state index contributed by atoms with van der Waals surface area (Å²) in [7, 11) is 0. The maximum absolute atomic E-state index is 5.02. The molecule has 0 radical (unpaired) electrons. The molecule has 6 rings (SSSR count). The Bertz CT molecular complexity index is 1770. The summed E-state index contributed by atoms with van der Waals surface area (Å²) < 4.78 is 0. The highest BCUT2D eigenvalue weighted by molar-refractivity contribution is 5.88. The van der Waals surface area contributed by atoms with Crippen LogP contribution in [0.5, 0.6) is 0 Å². The van der Waals surface area contributed by atoms with Gasteiger partial charge in [-0.25, -0.2) is 0 Å². The van der Waals surface area contributed by atoms with Gasteiger partial charge in [0.2, 0.25) is 0 Å². The van der Waals surface area contributed by atoms with E-state index in [-0.39, 0.29) is 21.7 Å². The molecule has 5 aromatic rings. The van der Waals surface area contributed by atoms with Crippen LogP contribution in [-0.2, 0) is 10.8 Å². The van der Waals surface area contributed by atoms with Crippen LogP contribution in [0.3, 0.4) is 0 Å². The second-order valence-corrected chi connectivity index (χ2v) is 14.7. The molecular formula is C39H44N4. The Hall–Kier alpha value is -4.18. The van der Waals surface area contributed by atoms with Crippen molar-refractivity contribution < 1.29 is 0 Å². The molecule has 0 spiro atoms. The Kier molecular flexibility index (Phi) is 6.68. The molecule has 1 N–H and O–H groups in total. The molecule has 0 fully saturated rings. The summed E-state index contributed by atoms with van der Waals surface area (Å²) in [5.74, 6) is 0. The van der Waals surface area contributed by atoms with Crippen LogP contribution < -0.4 is 4.90 Å². The van der Waals surface area contributed by atoms with Gasteiger partial charge in [-0.2, -0.15) is 5.10 Å². The summed E-state index contributed by atoms with van der Waals surface area (Å²) in [6.45, 7) is 20.8. The van der Waals surface area contributed by atoms with Crippen LogP contribution in [0.4, 0.5) is 17.1 Å². The third-order valence-corrected chi connectivity index (χ3v) is 9.57. The number of nitrogens with zero attached hydrogens (tertiary/aromatic N) is 3. The highest BCUT2D eigenvalue weighted by Crippen LogP contribution is 2.58. The van der Waals surface area contributed by atoms with E-state index in [4.69, 9.17) is 4.98 Å². The molecule has 0 atom stereocenters. The first-order valence-corrected chi connectivity index (χ1v) is 15.4. The van der Waals surface area contributed by atoms with Gasteiger partial charge in [0.15, 0.2) is 0 Å². The van der Waals surface area contributed by atoms with E-state index < -0.39 is 0 Å². The molecule has 0 bridgehead atoms. The molecule has 3 aromatic carbocycles. The number of anilines is 3. The number of nitrogens with one attached hydrogen (secondary N) is 1. The molecule has 0 unspecified atom stereocenters. The van der Waals surface area contributed by atoms with Gasteiger partial charge in [0.1, 0.15) is 0 Å². The van der Waals surface area contributed by atoms with E-state index in [0.29, 0.717) is 0 Å². The van der Waals surface area contributed by atoms with Gasteiger partial charge in [-0.05, 0) is 76.9 Å². The van der Waals surface area contributed by atoms with Crippen molar-refractivity contribution in [1.82, 2.24) is 15.2 Å². The zero-order chi connectivity index (χ0) is 30.8. The van der Waals surface area contributed by atoms with Crippen LogP contribution in [0, 0.1) is 17.8 Å². The molecule has 3 heterocycles. The van der Waals surface area contributed by atoms with Gasteiger partial charge in [0.25, 0.3) is 0 Å². The van der Waals surface area contributed by atoms with Gasteiger partial charge in [-0.3, -0.25) is 10.1 Å². The van der Waals surface area contributed by atoms with E-state index in [9.17, 15) is 0 Å². The number of aryl methyl sites for hydroxylation is 1. The first-order valence-electron chi connectivity index (χ1n) is 15.4. The summed E-state index contributed by atoms with van der Waals surface area (Å²) in [4.78, 5) is 7.47. The van der Waals surface area contributed by atoms with E-state index >= 15 is 0 Å². The van der Waals surface area contributed by atoms with Gasteiger partial charge in [-0.15, -0.1) is 0 Å². The molecule has 1 aliphatic rings. The minimum atomic E-state index is -0.358. The number of benzene rings is 3. The maximum atomic E-state index is 5.02. The molecular weight excluding hydrogens is 524 g/mol. The van der Waals surface area contributed by atoms with Crippen molar-refractivity contribution in [3.63, 3.8) is 0 Å². The zero-order valence-electron chi connectivity index (χ0n) is 27.1. The van der Waals surface area contributed by atoms with Crippen LogP contribution in [0.25, 0.3) is 11.3 Å². The van der Waals surface area contributed by atoms with Crippen LogP contribution in [0.2, 0.25) is 0 Å². The smallest absolute Gasteiger partial charge is 0.0924 e. The summed E-state index contributed by atoms with van der Waals surface area (Å²) in [6.07, 6.45) is 1.93. The third kappa shape index (κ3) is 4.42. The minimum Gasteiger partial charge on any atom is -0.310 e.